The molecule has 0 amide bonds. The zero-order chi connectivity index (χ0) is 11.0. The van der Waals surface area contributed by atoms with E-state index in [4.69, 9.17) is 0 Å². The normalized spacial score (nSPS) is 15.8. The summed E-state index contributed by atoms with van der Waals surface area (Å²) in [4.78, 5) is 14.2. The fourth-order valence-electron chi connectivity index (χ4n) is 2.57. The van der Waals surface area contributed by atoms with E-state index in [1.54, 1.807) is 6.07 Å². The van der Waals surface area contributed by atoms with Crippen LogP contribution < -0.4 is 5.56 Å². The molecule has 0 spiro atoms. The van der Waals surface area contributed by atoms with Crippen LogP contribution in [0.5, 0.6) is 0 Å². The van der Waals surface area contributed by atoms with E-state index in [9.17, 15) is 4.79 Å². The molecule has 1 aliphatic carbocycles. The summed E-state index contributed by atoms with van der Waals surface area (Å²) in [5.41, 5.74) is 3.86. The summed E-state index contributed by atoms with van der Waals surface area (Å²) in [6, 6.07) is 7.92. The van der Waals surface area contributed by atoms with Crippen molar-refractivity contribution in [2.24, 2.45) is 0 Å². The van der Waals surface area contributed by atoms with E-state index in [1.807, 2.05) is 6.07 Å². The molecule has 0 saturated carbocycles. The van der Waals surface area contributed by atoms with Gasteiger partial charge in [-0.15, -0.1) is 0 Å². The third kappa shape index (κ3) is 1.64. The molecule has 1 heterocycles. The highest BCUT2D eigenvalue weighted by Crippen LogP contribution is 2.24. The molecule has 0 unspecified atom stereocenters. The van der Waals surface area contributed by atoms with Crippen molar-refractivity contribution in [1.29, 1.82) is 0 Å². The van der Waals surface area contributed by atoms with Crippen LogP contribution in [0.25, 0.3) is 10.9 Å². The van der Waals surface area contributed by atoms with Gasteiger partial charge in [-0.2, -0.15) is 0 Å². The molecule has 3 rings (SSSR count). The number of H-pyrrole nitrogens is 1. The van der Waals surface area contributed by atoms with Gasteiger partial charge >= 0.3 is 0 Å². The lowest BCUT2D eigenvalue weighted by Crippen LogP contribution is -2.03. The average Bonchev–Trinajstić information content (AvgIpc) is 2.50. The number of pyridine rings is 1. The Morgan fingerprint density at radius 1 is 0.938 bits per heavy atom. The SMILES string of the molecule is O=c1ccc2cc3c(cc2[nH]1)CCCCC3. The van der Waals surface area contributed by atoms with E-state index in [-0.39, 0.29) is 5.56 Å². The maximum Gasteiger partial charge on any atom is 0.248 e. The standard InChI is InChI=1S/C14H15NO/c16-14-7-6-12-8-10-4-2-1-3-5-11(10)9-13(12)15-14/h6-9H,1-5H2,(H,15,16). The van der Waals surface area contributed by atoms with Gasteiger partial charge in [0.25, 0.3) is 0 Å². The van der Waals surface area contributed by atoms with Crippen molar-refractivity contribution in [1.82, 2.24) is 4.98 Å². The molecule has 2 aromatic rings. The smallest absolute Gasteiger partial charge is 0.248 e. The Labute approximate surface area is 94.3 Å². The predicted octanol–water partition coefficient (Wildman–Crippen LogP) is 2.80. The first-order valence-corrected chi connectivity index (χ1v) is 5.98. The van der Waals surface area contributed by atoms with Gasteiger partial charge in [0.1, 0.15) is 0 Å². The lowest BCUT2D eigenvalue weighted by Gasteiger charge is -2.07. The molecule has 16 heavy (non-hydrogen) atoms. The van der Waals surface area contributed by atoms with Crippen LogP contribution in [-0.2, 0) is 12.8 Å². The summed E-state index contributed by atoms with van der Waals surface area (Å²) in [5.74, 6) is 0. The van der Waals surface area contributed by atoms with E-state index in [2.05, 4.69) is 17.1 Å². The fourth-order valence-corrected chi connectivity index (χ4v) is 2.57. The Bertz CT molecular complexity index is 583. The number of aromatic nitrogens is 1. The van der Waals surface area contributed by atoms with Gasteiger partial charge in [0, 0.05) is 11.6 Å². The summed E-state index contributed by atoms with van der Waals surface area (Å²) < 4.78 is 0. The van der Waals surface area contributed by atoms with Gasteiger partial charge in [-0.3, -0.25) is 4.79 Å². The van der Waals surface area contributed by atoms with Crippen molar-refractivity contribution < 1.29 is 0 Å². The summed E-state index contributed by atoms with van der Waals surface area (Å²) in [6.07, 6.45) is 6.23. The summed E-state index contributed by atoms with van der Waals surface area (Å²) >= 11 is 0. The minimum absolute atomic E-state index is 0.0129. The van der Waals surface area contributed by atoms with Crippen molar-refractivity contribution >= 4 is 10.9 Å². The molecule has 0 radical (unpaired) electrons. The second-order valence-corrected chi connectivity index (χ2v) is 4.59. The summed E-state index contributed by atoms with van der Waals surface area (Å²) in [5, 5.41) is 1.15. The molecule has 1 aliphatic rings. The minimum Gasteiger partial charge on any atom is -0.322 e. The first-order valence-electron chi connectivity index (χ1n) is 5.98. The van der Waals surface area contributed by atoms with Gasteiger partial charge < -0.3 is 4.98 Å². The largest absolute Gasteiger partial charge is 0.322 e. The number of nitrogens with one attached hydrogen (secondary N) is 1. The number of aromatic amines is 1. The van der Waals surface area contributed by atoms with Gasteiger partial charge in [-0.25, -0.2) is 0 Å². The monoisotopic (exact) mass is 213 g/mol. The molecule has 0 atom stereocenters. The molecule has 1 aromatic heterocycles. The highest BCUT2D eigenvalue weighted by Gasteiger charge is 2.09. The molecule has 0 bridgehead atoms. The Kier molecular flexibility index (Phi) is 2.28. The second-order valence-electron chi connectivity index (χ2n) is 4.59. The third-order valence-electron chi connectivity index (χ3n) is 3.44. The van der Waals surface area contributed by atoms with Crippen LogP contribution in [0.1, 0.15) is 30.4 Å². The van der Waals surface area contributed by atoms with Crippen molar-refractivity contribution in [3.05, 3.63) is 45.7 Å². The molecule has 1 N–H and O–H groups in total. The van der Waals surface area contributed by atoms with Crippen LogP contribution in [0.2, 0.25) is 0 Å². The fraction of sp³-hybridized carbons (Fsp3) is 0.357. The average molecular weight is 213 g/mol. The molecule has 2 nitrogen and oxygen atoms in total. The first kappa shape index (κ1) is 9.64. The van der Waals surface area contributed by atoms with Crippen LogP contribution in [0.15, 0.2) is 29.1 Å². The van der Waals surface area contributed by atoms with Gasteiger partial charge in [-0.1, -0.05) is 6.42 Å². The zero-order valence-corrected chi connectivity index (χ0v) is 9.25. The summed E-state index contributed by atoms with van der Waals surface area (Å²) in [7, 11) is 0. The highest BCUT2D eigenvalue weighted by molar-refractivity contribution is 5.80. The number of benzene rings is 1. The predicted molar refractivity (Wildman–Crippen MR) is 65.8 cm³/mol. The maximum atomic E-state index is 11.3. The zero-order valence-electron chi connectivity index (χ0n) is 9.25. The topological polar surface area (TPSA) is 32.9 Å². The number of hydrogen-bond acceptors (Lipinski definition) is 1. The number of rotatable bonds is 0. The molecular formula is C14H15NO. The quantitative estimate of drug-likeness (QED) is 0.671. The number of aryl methyl sites for hydroxylation is 2. The van der Waals surface area contributed by atoms with Crippen molar-refractivity contribution in [2.45, 2.75) is 32.1 Å². The minimum atomic E-state index is -0.0129. The number of hydrogen-bond donors (Lipinski definition) is 1. The van der Waals surface area contributed by atoms with E-state index >= 15 is 0 Å². The molecule has 82 valence electrons. The lowest BCUT2D eigenvalue weighted by molar-refractivity contribution is 0.712. The molecule has 0 aliphatic heterocycles. The Balaban J connectivity index is 2.24. The van der Waals surface area contributed by atoms with Gasteiger partial charge in [0.15, 0.2) is 0 Å². The highest BCUT2D eigenvalue weighted by atomic mass is 16.1. The van der Waals surface area contributed by atoms with Crippen LogP contribution in [0, 0.1) is 0 Å². The second kappa shape index (κ2) is 3.78. The van der Waals surface area contributed by atoms with Crippen LogP contribution >= 0.6 is 0 Å². The van der Waals surface area contributed by atoms with E-state index in [1.165, 1.54) is 36.8 Å². The molecule has 1 aromatic carbocycles. The van der Waals surface area contributed by atoms with Gasteiger partial charge in [-0.05, 0) is 60.4 Å². The van der Waals surface area contributed by atoms with Crippen LogP contribution in [0.3, 0.4) is 0 Å². The van der Waals surface area contributed by atoms with Gasteiger partial charge in [0.05, 0.1) is 0 Å². The number of fused-ring (bicyclic) bond motifs is 2. The van der Waals surface area contributed by atoms with Crippen LogP contribution in [-0.4, -0.2) is 4.98 Å². The molecular weight excluding hydrogens is 198 g/mol. The molecule has 0 saturated heterocycles. The van der Waals surface area contributed by atoms with Crippen molar-refractivity contribution in [2.75, 3.05) is 0 Å². The Hall–Kier alpha value is -1.57. The van der Waals surface area contributed by atoms with E-state index in [0.29, 0.717) is 0 Å². The van der Waals surface area contributed by atoms with Crippen molar-refractivity contribution in [3.8, 4) is 0 Å². The Morgan fingerprint density at radius 3 is 2.50 bits per heavy atom. The molecule has 0 fully saturated rings. The van der Waals surface area contributed by atoms with E-state index < -0.39 is 0 Å². The third-order valence-corrected chi connectivity index (χ3v) is 3.44. The van der Waals surface area contributed by atoms with Crippen LogP contribution in [0.4, 0.5) is 0 Å². The Morgan fingerprint density at radius 2 is 1.69 bits per heavy atom. The maximum absolute atomic E-state index is 11.3. The first-order chi connectivity index (χ1) is 7.83. The lowest BCUT2D eigenvalue weighted by atomic mass is 10.0. The van der Waals surface area contributed by atoms with E-state index in [0.717, 1.165) is 17.3 Å². The molecule has 2 heteroatoms. The van der Waals surface area contributed by atoms with Crippen molar-refractivity contribution in [3.63, 3.8) is 0 Å². The van der Waals surface area contributed by atoms with Gasteiger partial charge in [0.2, 0.25) is 5.56 Å². The summed E-state index contributed by atoms with van der Waals surface area (Å²) in [6.45, 7) is 0.